The van der Waals surface area contributed by atoms with Gasteiger partial charge in [-0.15, -0.1) is 0 Å². The van der Waals surface area contributed by atoms with Crippen LogP contribution in [0.3, 0.4) is 0 Å². The number of amides is 1. The Balaban J connectivity index is 0. The Morgan fingerprint density at radius 2 is 1.36 bits per heavy atom. The fraction of sp³-hybridized carbons (Fsp3) is 0.238. The molecule has 1 heterocycles. The minimum atomic E-state index is -0.426. The van der Waals surface area contributed by atoms with E-state index in [1.165, 1.54) is 0 Å². The van der Waals surface area contributed by atoms with E-state index in [1.807, 2.05) is 73.3 Å². The van der Waals surface area contributed by atoms with Crippen LogP contribution in [0.5, 0.6) is 5.75 Å². The van der Waals surface area contributed by atoms with Gasteiger partial charge in [-0.1, -0.05) is 36.4 Å². The zero-order valence-corrected chi connectivity index (χ0v) is 16.9. The van der Waals surface area contributed by atoms with Gasteiger partial charge in [-0.3, -0.25) is 4.79 Å². The summed E-state index contributed by atoms with van der Waals surface area (Å²) in [4.78, 5) is 14.4. The van der Waals surface area contributed by atoms with Gasteiger partial charge in [0.15, 0.2) is 0 Å². The minimum absolute atomic E-state index is 0. The Hall–Kier alpha value is -2.54. The van der Waals surface area contributed by atoms with Crippen LogP contribution >= 0.6 is 0 Å². The quantitative estimate of drug-likeness (QED) is 0.433. The van der Waals surface area contributed by atoms with Crippen LogP contribution in [0.2, 0.25) is 0 Å². The molecule has 1 amide bonds. The predicted octanol–water partition coefficient (Wildman–Crippen LogP) is 3.69. The van der Waals surface area contributed by atoms with Crippen molar-refractivity contribution in [2.24, 2.45) is 5.41 Å². The van der Waals surface area contributed by atoms with Crippen LogP contribution in [-0.4, -0.2) is 13.0 Å². The van der Waals surface area contributed by atoms with E-state index in [1.54, 1.807) is 7.11 Å². The van der Waals surface area contributed by atoms with Crippen LogP contribution in [-0.2, 0) is 36.1 Å². The molecule has 0 aliphatic carbocycles. The summed E-state index contributed by atoms with van der Waals surface area (Å²) in [6.45, 7) is 17.5. The van der Waals surface area contributed by atoms with E-state index in [0.717, 1.165) is 17.0 Å². The number of benzene rings is 2. The second-order valence-electron chi connectivity index (χ2n) is 5.88. The first-order chi connectivity index (χ1) is 13.1. The number of ether oxygens (including phenoxy) is 1. The molecule has 2 aromatic carbocycles. The molecule has 1 atom stereocenters. The van der Waals surface area contributed by atoms with Crippen LogP contribution in [0.15, 0.2) is 54.6 Å². The number of carbonyl (C=O) groups is 1. The molecular formula is C21H19CrNO5. The van der Waals surface area contributed by atoms with E-state index in [0.29, 0.717) is 0 Å². The Kier molecular flexibility index (Phi) is 13.4. The molecule has 1 aliphatic rings. The fourth-order valence-corrected chi connectivity index (χ4v) is 3.08. The number of para-hydroxylation sites is 2. The Bertz CT molecular complexity index is 785. The topological polar surface area (TPSA) is 89.2 Å². The van der Waals surface area contributed by atoms with Gasteiger partial charge in [0.2, 0.25) is 5.91 Å². The van der Waals surface area contributed by atoms with Crippen molar-refractivity contribution >= 4 is 11.6 Å². The monoisotopic (exact) mass is 417 g/mol. The molecule has 0 bridgehead atoms. The number of rotatable bonds is 3. The summed E-state index contributed by atoms with van der Waals surface area (Å²) in [5.74, 6) is 0.966. The standard InChI is InChI=1S/C18H19NO2.3CO.Cr/c1-18(2)16(14-11-7-8-12-15(14)21-3)19(17(18)20)13-9-5-4-6-10-13;3*1-2;/h4-12,16H,1-3H3;;;;/t16-;;;;/m0..../s1. The molecule has 0 saturated carbocycles. The molecule has 0 N–H and O–H groups in total. The van der Waals surface area contributed by atoms with Gasteiger partial charge in [-0.25, -0.2) is 0 Å². The van der Waals surface area contributed by atoms with Crippen molar-refractivity contribution in [3.05, 3.63) is 80.1 Å². The molecule has 144 valence electrons. The molecule has 0 unspecified atom stereocenters. The van der Waals surface area contributed by atoms with E-state index in [9.17, 15) is 4.79 Å². The minimum Gasteiger partial charge on any atom is 0 e. The summed E-state index contributed by atoms with van der Waals surface area (Å²) in [6, 6.07) is 17.7. The molecule has 1 aliphatic heterocycles. The predicted molar refractivity (Wildman–Crippen MR) is 95.2 cm³/mol. The van der Waals surface area contributed by atoms with Crippen molar-refractivity contribution in [2.75, 3.05) is 12.0 Å². The van der Waals surface area contributed by atoms with Gasteiger partial charge in [-0.2, -0.15) is 0 Å². The maximum Gasteiger partial charge on any atom is 0 e. The van der Waals surface area contributed by atoms with Crippen molar-refractivity contribution in [3.8, 4) is 5.75 Å². The number of β-lactam (4-membered cyclic amide) rings is 1. The third-order valence-electron chi connectivity index (χ3n) is 4.18. The van der Waals surface area contributed by atoms with E-state index in [-0.39, 0.29) is 29.3 Å². The van der Waals surface area contributed by atoms with Gasteiger partial charge in [0, 0.05) is 28.6 Å². The van der Waals surface area contributed by atoms with Crippen molar-refractivity contribution < 1.29 is 40.8 Å². The summed E-state index contributed by atoms with van der Waals surface area (Å²) in [6.07, 6.45) is 0. The summed E-state index contributed by atoms with van der Waals surface area (Å²) < 4.78 is 28.0. The van der Waals surface area contributed by atoms with E-state index in [4.69, 9.17) is 18.7 Å². The van der Waals surface area contributed by atoms with Gasteiger partial charge >= 0.3 is 33.9 Å². The number of hydrogen-bond donors (Lipinski definition) is 0. The average molecular weight is 417 g/mol. The molecule has 1 saturated heterocycles. The molecule has 1 fully saturated rings. The third kappa shape index (κ3) is 5.48. The Labute approximate surface area is 175 Å². The van der Waals surface area contributed by atoms with Crippen LogP contribution in [0.1, 0.15) is 25.5 Å². The largest absolute Gasteiger partial charge is 0 e. The average Bonchev–Trinajstić information content (AvgIpc) is 2.76. The molecule has 0 radical (unpaired) electrons. The molecule has 0 spiro atoms. The van der Waals surface area contributed by atoms with Crippen LogP contribution in [0, 0.1) is 25.4 Å². The van der Waals surface area contributed by atoms with Crippen molar-refractivity contribution in [1.29, 1.82) is 0 Å². The summed E-state index contributed by atoms with van der Waals surface area (Å²) >= 11 is 0. The summed E-state index contributed by atoms with van der Waals surface area (Å²) in [7, 11) is 1.67. The second-order valence-corrected chi connectivity index (χ2v) is 5.88. The second kappa shape index (κ2) is 13.6. The third-order valence-corrected chi connectivity index (χ3v) is 4.18. The molecule has 28 heavy (non-hydrogen) atoms. The maximum absolute atomic E-state index is 12.6. The first-order valence-electron chi connectivity index (χ1n) is 7.70. The molecule has 3 rings (SSSR count). The number of hydrogen-bond acceptors (Lipinski definition) is 2. The van der Waals surface area contributed by atoms with Gasteiger partial charge in [0.25, 0.3) is 0 Å². The molecule has 0 aromatic heterocycles. The number of nitrogens with zero attached hydrogens (tertiary/aromatic N) is 1. The van der Waals surface area contributed by atoms with E-state index in [2.05, 4.69) is 20.0 Å². The number of methoxy groups -OCH3 is 1. The SMILES string of the molecule is COc1ccccc1[C@@H]1N(c2ccccc2)C(=O)C1(C)C.[C-]#[O+].[C-]#[O+].[C-]#[O+].[Cr]. The fourth-order valence-electron chi connectivity index (χ4n) is 3.08. The first-order valence-corrected chi connectivity index (χ1v) is 7.70. The van der Waals surface area contributed by atoms with Gasteiger partial charge in [0.05, 0.1) is 18.6 Å². The Morgan fingerprint density at radius 3 is 1.86 bits per heavy atom. The van der Waals surface area contributed by atoms with E-state index >= 15 is 0 Å². The van der Waals surface area contributed by atoms with Crippen LogP contribution < -0.4 is 9.64 Å². The maximum atomic E-state index is 12.6. The molecule has 6 nitrogen and oxygen atoms in total. The number of carbonyl (C=O) groups excluding carboxylic acids is 1. The zero-order chi connectivity index (χ0) is 21.0. The van der Waals surface area contributed by atoms with Crippen molar-refractivity contribution in [3.63, 3.8) is 0 Å². The number of anilines is 1. The van der Waals surface area contributed by atoms with Crippen LogP contribution in [0.25, 0.3) is 0 Å². The van der Waals surface area contributed by atoms with Gasteiger partial charge in [-0.05, 0) is 32.0 Å². The summed E-state index contributed by atoms with van der Waals surface area (Å²) in [5, 5.41) is 0. The molecular weight excluding hydrogens is 398 g/mol. The van der Waals surface area contributed by atoms with Crippen molar-refractivity contribution in [1.82, 2.24) is 0 Å². The normalized spacial score (nSPS) is 15.2. The summed E-state index contributed by atoms with van der Waals surface area (Å²) in [5.41, 5.74) is 1.55. The van der Waals surface area contributed by atoms with Gasteiger partial charge in [0.1, 0.15) is 5.75 Å². The first kappa shape index (κ1) is 27.7. The zero-order valence-electron chi connectivity index (χ0n) is 15.7. The van der Waals surface area contributed by atoms with Crippen molar-refractivity contribution in [2.45, 2.75) is 19.9 Å². The van der Waals surface area contributed by atoms with Gasteiger partial charge < -0.3 is 9.64 Å². The van der Waals surface area contributed by atoms with E-state index < -0.39 is 5.41 Å². The smallest absolute Gasteiger partial charge is 0 e. The molecule has 7 heteroatoms. The molecule has 2 aromatic rings. The Morgan fingerprint density at radius 1 is 0.893 bits per heavy atom. The van der Waals surface area contributed by atoms with Crippen LogP contribution in [0.4, 0.5) is 5.69 Å².